The van der Waals surface area contributed by atoms with Crippen LogP contribution in [0.2, 0.25) is 0 Å². The van der Waals surface area contributed by atoms with Gasteiger partial charge in [-0.3, -0.25) is 9.59 Å². The van der Waals surface area contributed by atoms with Crippen LogP contribution in [0.1, 0.15) is 16.8 Å². The fourth-order valence-electron chi connectivity index (χ4n) is 4.43. The number of hydrogen-bond acceptors (Lipinski definition) is 4. The number of amides is 2. The molecule has 1 aliphatic heterocycles. The van der Waals surface area contributed by atoms with E-state index < -0.39 is 5.97 Å². The Balaban J connectivity index is 1.78. The van der Waals surface area contributed by atoms with E-state index in [0.29, 0.717) is 0 Å². The number of aromatic carboxylic acids is 1. The van der Waals surface area contributed by atoms with Crippen LogP contribution in [0.4, 0.5) is 5.69 Å². The molecule has 3 aliphatic rings. The molecular formula is C16H12Br2NO4-. The van der Waals surface area contributed by atoms with Crippen LogP contribution in [-0.2, 0) is 9.59 Å². The SMILES string of the molecule is O=C([O-])c1ccccc1N1C(=O)[C@H]2[C@@H]3C[C@@H]([C@@H](Br)[C@H]3Br)[C@@H]2C1=O. The van der Waals surface area contributed by atoms with Crippen molar-refractivity contribution in [3.05, 3.63) is 29.8 Å². The molecule has 6 atom stereocenters. The lowest BCUT2D eigenvalue weighted by Gasteiger charge is -2.28. The molecule has 1 aromatic carbocycles. The minimum Gasteiger partial charge on any atom is -0.545 e. The van der Waals surface area contributed by atoms with Crippen molar-refractivity contribution in [3.8, 4) is 0 Å². The van der Waals surface area contributed by atoms with Crippen LogP contribution in [0.3, 0.4) is 0 Å². The van der Waals surface area contributed by atoms with Gasteiger partial charge in [0.15, 0.2) is 0 Å². The number of imide groups is 1. The molecule has 1 heterocycles. The first kappa shape index (κ1) is 15.3. The van der Waals surface area contributed by atoms with E-state index in [1.165, 1.54) is 12.1 Å². The molecule has 2 bridgehead atoms. The monoisotopic (exact) mass is 440 g/mol. The molecule has 2 saturated carbocycles. The molecule has 0 N–H and O–H groups in total. The summed E-state index contributed by atoms with van der Waals surface area (Å²) in [5.41, 5.74) is -0.0131. The smallest absolute Gasteiger partial charge is 0.238 e. The summed E-state index contributed by atoms with van der Waals surface area (Å²) in [6.07, 6.45) is 0.842. The van der Waals surface area contributed by atoms with E-state index in [0.717, 1.165) is 11.3 Å². The van der Waals surface area contributed by atoms with Crippen molar-refractivity contribution in [1.29, 1.82) is 0 Å². The van der Waals surface area contributed by atoms with Crippen molar-refractivity contribution in [1.82, 2.24) is 0 Å². The zero-order valence-electron chi connectivity index (χ0n) is 11.8. The van der Waals surface area contributed by atoms with Gasteiger partial charge < -0.3 is 9.90 Å². The summed E-state index contributed by atoms with van der Waals surface area (Å²) in [5.74, 6) is -2.48. The molecule has 4 rings (SSSR count). The Hall–Kier alpha value is -1.21. The number of hydrogen-bond donors (Lipinski definition) is 0. The number of carboxylic acid groups (broad SMARTS) is 1. The predicted octanol–water partition coefficient (Wildman–Crippen LogP) is 1.33. The summed E-state index contributed by atoms with van der Waals surface area (Å²) in [7, 11) is 0. The normalized spacial score (nSPS) is 38.3. The molecule has 23 heavy (non-hydrogen) atoms. The van der Waals surface area contributed by atoms with E-state index in [1.54, 1.807) is 12.1 Å². The third kappa shape index (κ3) is 1.92. The van der Waals surface area contributed by atoms with Crippen molar-refractivity contribution >= 4 is 55.3 Å². The highest BCUT2D eigenvalue weighted by Crippen LogP contribution is 2.60. The molecule has 0 spiro atoms. The van der Waals surface area contributed by atoms with E-state index in [1.807, 2.05) is 0 Å². The molecule has 0 radical (unpaired) electrons. The van der Waals surface area contributed by atoms with Crippen molar-refractivity contribution < 1.29 is 19.5 Å². The number of benzene rings is 1. The molecule has 1 saturated heterocycles. The van der Waals surface area contributed by atoms with Crippen LogP contribution in [0.15, 0.2) is 24.3 Å². The van der Waals surface area contributed by atoms with Gasteiger partial charge in [0, 0.05) is 15.2 Å². The van der Waals surface area contributed by atoms with E-state index in [4.69, 9.17) is 0 Å². The summed E-state index contributed by atoms with van der Waals surface area (Å²) in [5, 5.41) is 11.3. The number of anilines is 1. The summed E-state index contributed by atoms with van der Waals surface area (Å²) >= 11 is 7.25. The van der Waals surface area contributed by atoms with Gasteiger partial charge >= 0.3 is 0 Å². The van der Waals surface area contributed by atoms with Crippen molar-refractivity contribution in [2.45, 2.75) is 16.1 Å². The first-order valence-corrected chi connectivity index (χ1v) is 9.23. The second-order valence-corrected chi connectivity index (χ2v) is 8.43. The Morgan fingerprint density at radius 3 is 2.09 bits per heavy atom. The number of alkyl halides is 2. The molecule has 5 nitrogen and oxygen atoms in total. The summed E-state index contributed by atoms with van der Waals surface area (Å²) in [6, 6.07) is 6.01. The Kier molecular flexibility index (Phi) is 3.43. The summed E-state index contributed by atoms with van der Waals surface area (Å²) < 4.78 is 0. The van der Waals surface area contributed by atoms with Crippen LogP contribution >= 0.6 is 31.9 Å². The first-order valence-electron chi connectivity index (χ1n) is 7.39. The number of carbonyl (C=O) groups excluding carboxylic acids is 3. The maximum Gasteiger partial charge on any atom is 0.238 e. The molecule has 1 aromatic rings. The van der Waals surface area contributed by atoms with Crippen LogP contribution in [0, 0.1) is 23.7 Å². The highest BCUT2D eigenvalue weighted by atomic mass is 79.9. The van der Waals surface area contributed by atoms with Gasteiger partial charge in [0.1, 0.15) is 0 Å². The number of carboxylic acids is 1. The average Bonchev–Trinajstić information content (AvgIpc) is 3.12. The lowest BCUT2D eigenvalue weighted by Crippen LogP contribution is -2.37. The number of rotatable bonds is 2. The maximum absolute atomic E-state index is 12.9. The number of carbonyl (C=O) groups is 3. The zero-order chi connectivity index (χ0) is 16.5. The van der Waals surface area contributed by atoms with Crippen molar-refractivity contribution in [2.75, 3.05) is 4.90 Å². The zero-order valence-corrected chi connectivity index (χ0v) is 15.0. The van der Waals surface area contributed by atoms with Gasteiger partial charge in [0.25, 0.3) is 0 Å². The Labute approximate surface area is 149 Å². The Morgan fingerprint density at radius 1 is 1.04 bits per heavy atom. The largest absolute Gasteiger partial charge is 0.545 e. The fourth-order valence-corrected chi connectivity index (χ4v) is 6.30. The molecule has 7 heteroatoms. The van der Waals surface area contributed by atoms with E-state index in [-0.39, 0.29) is 56.4 Å². The minimum atomic E-state index is -1.39. The van der Waals surface area contributed by atoms with E-state index in [2.05, 4.69) is 31.9 Å². The number of fused-ring (bicyclic) bond motifs is 5. The number of nitrogens with zero attached hydrogens (tertiary/aromatic N) is 1. The molecule has 0 unspecified atom stereocenters. The maximum atomic E-state index is 12.9. The second-order valence-electron chi connectivity index (χ2n) is 6.32. The van der Waals surface area contributed by atoms with Crippen LogP contribution in [-0.4, -0.2) is 27.4 Å². The first-order chi connectivity index (χ1) is 10.9. The Bertz CT molecular complexity index is 705. The third-order valence-corrected chi connectivity index (χ3v) is 8.56. The van der Waals surface area contributed by atoms with Crippen molar-refractivity contribution in [3.63, 3.8) is 0 Å². The second kappa shape index (κ2) is 5.14. The average molecular weight is 442 g/mol. The molecule has 120 valence electrons. The van der Waals surface area contributed by atoms with Gasteiger partial charge in [-0.2, -0.15) is 0 Å². The van der Waals surface area contributed by atoms with E-state index in [9.17, 15) is 19.5 Å². The van der Waals surface area contributed by atoms with Gasteiger partial charge in [-0.05, 0) is 24.3 Å². The fraction of sp³-hybridized carbons (Fsp3) is 0.438. The van der Waals surface area contributed by atoms with Gasteiger partial charge in [0.2, 0.25) is 11.8 Å². The summed E-state index contributed by atoms with van der Waals surface area (Å²) in [4.78, 5) is 38.4. The van der Waals surface area contributed by atoms with Crippen LogP contribution in [0.25, 0.3) is 0 Å². The van der Waals surface area contributed by atoms with Crippen LogP contribution < -0.4 is 10.0 Å². The van der Waals surface area contributed by atoms with Crippen LogP contribution in [0.5, 0.6) is 0 Å². The molecule has 2 aliphatic carbocycles. The lowest BCUT2D eigenvalue weighted by atomic mass is 9.81. The minimum absolute atomic E-state index is 0.103. The topological polar surface area (TPSA) is 77.5 Å². The van der Waals surface area contributed by atoms with Gasteiger partial charge in [0.05, 0.1) is 23.5 Å². The van der Waals surface area contributed by atoms with Crippen molar-refractivity contribution in [2.24, 2.45) is 23.7 Å². The molecular weight excluding hydrogens is 430 g/mol. The number of halogens is 2. The summed E-state index contributed by atoms with van der Waals surface area (Å²) in [6.45, 7) is 0. The van der Waals surface area contributed by atoms with Gasteiger partial charge in [-0.25, -0.2) is 4.90 Å². The highest BCUT2D eigenvalue weighted by Gasteiger charge is 2.66. The quantitative estimate of drug-likeness (QED) is 0.512. The van der Waals surface area contributed by atoms with Gasteiger partial charge in [-0.1, -0.05) is 50.1 Å². The third-order valence-electron chi connectivity index (χ3n) is 5.35. The standard InChI is InChI=1S/C16H13Br2NO4/c17-12-7-5-8(13(12)18)11-10(7)14(20)19(15(11)21)9-4-2-1-3-6(9)16(22)23/h1-4,7-8,10-13H,5H2,(H,22,23)/p-1/t7-,8+,10-,11-,12-,13+/m0/s1. The Morgan fingerprint density at radius 2 is 1.57 bits per heavy atom. The highest BCUT2D eigenvalue weighted by molar-refractivity contribution is 9.12. The lowest BCUT2D eigenvalue weighted by molar-refractivity contribution is -0.254. The van der Waals surface area contributed by atoms with E-state index >= 15 is 0 Å². The molecule has 3 fully saturated rings. The van der Waals surface area contributed by atoms with Gasteiger partial charge in [-0.15, -0.1) is 0 Å². The molecule has 0 aromatic heterocycles. The predicted molar refractivity (Wildman–Crippen MR) is 87.3 cm³/mol. The number of para-hydroxylation sites is 1. The molecule has 2 amide bonds.